The highest BCUT2D eigenvalue weighted by atomic mass is 19.1. The molecule has 1 aromatic carbocycles. The number of nitrogens with one attached hydrogen (secondary N) is 1. The van der Waals surface area contributed by atoms with Crippen molar-refractivity contribution in [2.45, 2.75) is 50.5 Å². The highest BCUT2D eigenvalue weighted by Crippen LogP contribution is 2.35. The molecule has 5 rings (SSSR count). The van der Waals surface area contributed by atoms with Crippen LogP contribution in [0, 0.1) is 0 Å². The number of benzene rings is 1. The zero-order valence-electron chi connectivity index (χ0n) is 17.7. The van der Waals surface area contributed by atoms with Gasteiger partial charge in [-0.2, -0.15) is 5.10 Å². The maximum Gasteiger partial charge on any atom is 0.147 e. The van der Waals surface area contributed by atoms with E-state index < -0.39 is 6.17 Å². The molecule has 2 bridgehead atoms. The molecule has 162 valence electrons. The summed E-state index contributed by atoms with van der Waals surface area (Å²) >= 11 is 0. The van der Waals surface area contributed by atoms with Gasteiger partial charge in [-0.3, -0.25) is 9.67 Å². The highest BCUT2D eigenvalue weighted by Gasteiger charge is 2.44. The van der Waals surface area contributed by atoms with Gasteiger partial charge in [0, 0.05) is 43.0 Å². The Kier molecular flexibility index (Phi) is 5.09. The van der Waals surface area contributed by atoms with Gasteiger partial charge in [-0.15, -0.1) is 0 Å². The van der Waals surface area contributed by atoms with Crippen LogP contribution in [0.4, 0.5) is 10.2 Å². The molecule has 0 aliphatic carbocycles. The van der Waals surface area contributed by atoms with Crippen molar-refractivity contribution < 1.29 is 9.50 Å². The van der Waals surface area contributed by atoms with Gasteiger partial charge in [0.05, 0.1) is 30.3 Å². The monoisotopic (exact) mass is 422 g/mol. The molecular formula is C23H27FN6O. The van der Waals surface area contributed by atoms with E-state index in [-0.39, 0.29) is 17.8 Å². The minimum Gasteiger partial charge on any atom is -0.507 e. The van der Waals surface area contributed by atoms with Gasteiger partial charge in [0.2, 0.25) is 0 Å². The number of halogens is 1. The van der Waals surface area contributed by atoms with Crippen LogP contribution in [-0.2, 0) is 7.05 Å². The number of rotatable bonds is 5. The Labute approximate surface area is 180 Å². The van der Waals surface area contributed by atoms with Gasteiger partial charge in [-0.05, 0) is 43.9 Å². The third kappa shape index (κ3) is 3.65. The van der Waals surface area contributed by atoms with Crippen LogP contribution in [0.25, 0.3) is 22.4 Å². The van der Waals surface area contributed by atoms with E-state index in [0.717, 1.165) is 30.4 Å². The standard InChI is InChI=1S/C23H27FN6O/c1-3-30(20-9-16-5-7-18(28-16)23(20)24)22-12-25-19(11-26-22)17-6-4-14(8-21(17)31)15-10-27-29(2)13-15/h4,6,8,10-13,16,18,20,23,28,31H,3,5,7,9H2,1-2H3/t16?,18?,20-,23+/m0/s1. The number of nitrogens with zero attached hydrogens (tertiary/aromatic N) is 5. The van der Waals surface area contributed by atoms with Crippen molar-refractivity contribution in [3.8, 4) is 28.1 Å². The molecule has 0 amide bonds. The van der Waals surface area contributed by atoms with Crippen molar-refractivity contribution in [3.05, 3.63) is 43.0 Å². The van der Waals surface area contributed by atoms with E-state index in [9.17, 15) is 5.11 Å². The zero-order chi connectivity index (χ0) is 21.5. The fourth-order valence-corrected chi connectivity index (χ4v) is 4.95. The Morgan fingerprint density at radius 2 is 2.06 bits per heavy atom. The number of hydrogen-bond donors (Lipinski definition) is 2. The molecule has 2 unspecified atom stereocenters. The molecule has 2 aromatic heterocycles. The van der Waals surface area contributed by atoms with Crippen molar-refractivity contribution in [3.63, 3.8) is 0 Å². The smallest absolute Gasteiger partial charge is 0.147 e. The van der Waals surface area contributed by atoms with Crippen LogP contribution in [0.1, 0.15) is 26.2 Å². The minimum absolute atomic E-state index is 0.0553. The van der Waals surface area contributed by atoms with Crippen molar-refractivity contribution in [2.24, 2.45) is 7.05 Å². The van der Waals surface area contributed by atoms with Crippen molar-refractivity contribution in [2.75, 3.05) is 11.4 Å². The van der Waals surface area contributed by atoms with E-state index >= 15 is 4.39 Å². The zero-order valence-corrected chi connectivity index (χ0v) is 17.7. The average Bonchev–Trinajstić information content (AvgIpc) is 3.39. The van der Waals surface area contributed by atoms with Gasteiger partial charge in [-0.25, -0.2) is 9.37 Å². The Hall–Kier alpha value is -3.00. The topological polar surface area (TPSA) is 79.1 Å². The number of anilines is 1. The molecule has 0 saturated carbocycles. The molecule has 2 aliphatic heterocycles. The second kappa shape index (κ2) is 7.92. The van der Waals surface area contributed by atoms with Gasteiger partial charge in [0.25, 0.3) is 0 Å². The van der Waals surface area contributed by atoms with Gasteiger partial charge in [-0.1, -0.05) is 6.07 Å². The lowest BCUT2D eigenvalue weighted by molar-refractivity contribution is 0.173. The highest BCUT2D eigenvalue weighted by molar-refractivity contribution is 5.73. The summed E-state index contributed by atoms with van der Waals surface area (Å²) in [5, 5.41) is 18.1. The maximum absolute atomic E-state index is 15.0. The van der Waals surface area contributed by atoms with Crippen molar-refractivity contribution in [1.82, 2.24) is 25.1 Å². The van der Waals surface area contributed by atoms with E-state index in [0.29, 0.717) is 29.7 Å². The number of aromatic hydroxyl groups is 1. The maximum atomic E-state index is 15.0. The SMILES string of the molecule is CCN(c1cnc(-c2ccc(-c3cnn(C)c3)cc2O)cn1)[C@H]1CC2CCC(N2)[C@H]1F. The Morgan fingerprint density at radius 3 is 2.74 bits per heavy atom. The Bertz CT molecular complexity index is 1070. The summed E-state index contributed by atoms with van der Waals surface area (Å²) in [4.78, 5) is 11.2. The van der Waals surface area contributed by atoms with Gasteiger partial charge in [0.15, 0.2) is 0 Å². The number of alkyl halides is 1. The average molecular weight is 423 g/mol. The third-order valence-corrected chi connectivity index (χ3v) is 6.54. The molecule has 0 radical (unpaired) electrons. The summed E-state index contributed by atoms with van der Waals surface area (Å²) in [5.41, 5.74) is 3.00. The van der Waals surface area contributed by atoms with Crippen LogP contribution in [0.2, 0.25) is 0 Å². The van der Waals surface area contributed by atoms with Crippen molar-refractivity contribution in [1.29, 1.82) is 0 Å². The van der Waals surface area contributed by atoms with Crippen LogP contribution in [0.5, 0.6) is 5.75 Å². The predicted molar refractivity (Wildman–Crippen MR) is 118 cm³/mol. The van der Waals surface area contributed by atoms with Crippen LogP contribution in [0.3, 0.4) is 0 Å². The number of phenols is 1. The molecule has 2 aliphatic rings. The number of phenolic OH excluding ortho intramolecular Hbond substituents is 1. The van der Waals surface area contributed by atoms with E-state index in [1.165, 1.54) is 0 Å². The number of hydrogen-bond acceptors (Lipinski definition) is 6. The number of fused-ring (bicyclic) bond motifs is 2. The molecule has 3 aromatic rings. The molecular weight excluding hydrogens is 395 g/mol. The first kappa shape index (κ1) is 19.9. The molecule has 8 heteroatoms. The van der Waals surface area contributed by atoms with Crippen LogP contribution in [0.15, 0.2) is 43.0 Å². The molecule has 7 nitrogen and oxygen atoms in total. The van der Waals surface area contributed by atoms with E-state index in [1.807, 2.05) is 37.2 Å². The van der Waals surface area contributed by atoms with Gasteiger partial charge in [0.1, 0.15) is 17.7 Å². The lowest BCUT2D eigenvalue weighted by Gasteiger charge is -2.40. The predicted octanol–water partition coefficient (Wildman–Crippen LogP) is 3.31. The first-order valence-electron chi connectivity index (χ1n) is 10.8. The molecule has 4 heterocycles. The number of aryl methyl sites for hydroxylation is 1. The third-order valence-electron chi connectivity index (χ3n) is 6.54. The first-order valence-corrected chi connectivity index (χ1v) is 10.8. The van der Waals surface area contributed by atoms with Crippen LogP contribution >= 0.6 is 0 Å². The summed E-state index contributed by atoms with van der Waals surface area (Å²) in [7, 11) is 1.86. The normalized spacial score (nSPS) is 25.0. The lowest BCUT2D eigenvalue weighted by atomic mass is 9.96. The van der Waals surface area contributed by atoms with Crippen LogP contribution in [-0.4, -0.2) is 55.7 Å². The summed E-state index contributed by atoms with van der Waals surface area (Å²) < 4.78 is 16.8. The quantitative estimate of drug-likeness (QED) is 0.657. The lowest BCUT2D eigenvalue weighted by Crippen LogP contribution is -2.56. The molecule has 0 spiro atoms. The number of piperidine rings is 1. The summed E-state index contributed by atoms with van der Waals surface area (Å²) in [6.45, 7) is 2.69. The second-order valence-corrected chi connectivity index (χ2v) is 8.48. The minimum atomic E-state index is -0.913. The van der Waals surface area contributed by atoms with Crippen molar-refractivity contribution >= 4 is 5.82 Å². The van der Waals surface area contributed by atoms with E-state index in [1.54, 1.807) is 29.3 Å². The van der Waals surface area contributed by atoms with Gasteiger partial charge >= 0.3 is 0 Å². The molecule has 2 fully saturated rings. The fourth-order valence-electron chi connectivity index (χ4n) is 4.95. The largest absolute Gasteiger partial charge is 0.507 e. The second-order valence-electron chi connectivity index (χ2n) is 8.48. The summed E-state index contributed by atoms with van der Waals surface area (Å²) in [5.74, 6) is 0.807. The Morgan fingerprint density at radius 1 is 1.19 bits per heavy atom. The molecule has 31 heavy (non-hydrogen) atoms. The Balaban J connectivity index is 1.38. The first-order chi connectivity index (χ1) is 15.0. The summed E-state index contributed by atoms with van der Waals surface area (Å²) in [6.07, 6.45) is 8.80. The fraction of sp³-hybridized carbons (Fsp3) is 0.435. The van der Waals surface area contributed by atoms with E-state index in [4.69, 9.17) is 0 Å². The molecule has 4 atom stereocenters. The number of aromatic nitrogens is 4. The summed E-state index contributed by atoms with van der Waals surface area (Å²) in [6, 6.07) is 5.62. The van der Waals surface area contributed by atoms with Crippen LogP contribution < -0.4 is 10.2 Å². The van der Waals surface area contributed by atoms with E-state index in [2.05, 4.69) is 20.4 Å². The molecule has 2 saturated heterocycles. The van der Waals surface area contributed by atoms with Gasteiger partial charge < -0.3 is 15.3 Å². The molecule has 2 N–H and O–H groups in total.